The average molecular weight is 933 g/mol. The number of carbonyl (C=O) groups is 3. The number of nitrogens with zero attached hydrogens (tertiary/aromatic N) is 3. The summed E-state index contributed by atoms with van der Waals surface area (Å²) in [6, 6.07) is 24.3. The number of Topliss-reactive ketones (excluding diaryl/α,β-unsaturated/α-hetero) is 1. The summed E-state index contributed by atoms with van der Waals surface area (Å²) in [5, 5.41) is 34.4. The lowest BCUT2D eigenvalue weighted by Gasteiger charge is -2.47. The third-order valence-electron chi connectivity index (χ3n) is 13.6. The summed E-state index contributed by atoms with van der Waals surface area (Å²) in [4.78, 5) is 44.3. The Morgan fingerprint density at radius 2 is 1.55 bits per heavy atom. The Bertz CT molecular complexity index is 2160. The van der Waals surface area contributed by atoms with Gasteiger partial charge in [0, 0.05) is 29.7 Å². The van der Waals surface area contributed by atoms with Gasteiger partial charge >= 0.3 is 11.9 Å². The van der Waals surface area contributed by atoms with Crippen LogP contribution in [0.3, 0.4) is 0 Å². The number of halogens is 1. The predicted molar refractivity (Wildman–Crippen MR) is 256 cm³/mol. The summed E-state index contributed by atoms with van der Waals surface area (Å²) in [6.07, 6.45) is -6.01. The monoisotopic (exact) mass is 931 g/mol. The Balaban J connectivity index is 1.64. The summed E-state index contributed by atoms with van der Waals surface area (Å²) in [6.45, 7) is 15.8. The first-order valence-corrected chi connectivity index (χ1v) is 23.4. The molecular weight excluding hydrogens is 862 g/mol. The third kappa shape index (κ3) is 12.4. The van der Waals surface area contributed by atoms with E-state index in [1.807, 2.05) is 101 Å². The van der Waals surface area contributed by atoms with Gasteiger partial charge in [-0.1, -0.05) is 106 Å². The Labute approximate surface area is 395 Å². The minimum absolute atomic E-state index is 0.133. The van der Waals surface area contributed by atoms with Crippen molar-refractivity contribution < 1.29 is 48.3 Å². The van der Waals surface area contributed by atoms with E-state index in [9.17, 15) is 24.6 Å². The van der Waals surface area contributed by atoms with Crippen LogP contribution < -0.4 is 0 Å². The number of hydrogen-bond acceptors (Lipinski definition) is 13. The van der Waals surface area contributed by atoms with Crippen LogP contribution in [0, 0.1) is 23.7 Å². The van der Waals surface area contributed by atoms with Gasteiger partial charge in [-0.2, -0.15) is 10.2 Å². The molecule has 0 saturated carbocycles. The van der Waals surface area contributed by atoms with E-state index in [-0.39, 0.29) is 31.1 Å². The predicted octanol–water partition coefficient (Wildman–Crippen LogP) is 8.13. The minimum atomic E-state index is -1.97. The highest BCUT2D eigenvalue weighted by molar-refractivity contribution is 6.30. The first-order chi connectivity index (χ1) is 31.1. The van der Waals surface area contributed by atoms with Crippen molar-refractivity contribution in [3.05, 3.63) is 95.0 Å². The zero-order valence-corrected chi connectivity index (χ0v) is 41.3. The number of esters is 2. The van der Waals surface area contributed by atoms with Crippen molar-refractivity contribution in [1.82, 2.24) is 4.90 Å². The van der Waals surface area contributed by atoms with E-state index in [1.54, 1.807) is 52.0 Å². The number of aliphatic hydroxyl groups excluding tert-OH is 1. The molecular formula is C52H70ClN3O10. The Kier molecular flexibility index (Phi) is 18.1. The molecule has 5 rings (SSSR count). The zero-order chi connectivity index (χ0) is 48.7. The molecule has 2 fully saturated rings. The number of carbonyl (C=O) groups excluding carboxylic acids is 3. The highest BCUT2D eigenvalue weighted by Gasteiger charge is 2.52. The van der Waals surface area contributed by atoms with Gasteiger partial charge in [0.15, 0.2) is 0 Å². The molecule has 0 radical (unpaired) electrons. The smallest absolute Gasteiger partial charge is 0.312 e. The van der Waals surface area contributed by atoms with E-state index in [4.69, 9.17) is 45.5 Å². The van der Waals surface area contributed by atoms with Crippen LogP contribution in [0.5, 0.6) is 0 Å². The van der Waals surface area contributed by atoms with Gasteiger partial charge in [-0.3, -0.25) is 19.3 Å². The van der Waals surface area contributed by atoms with Gasteiger partial charge in [-0.05, 0) is 108 Å². The van der Waals surface area contributed by atoms with Gasteiger partial charge in [0.2, 0.25) is 12.1 Å². The van der Waals surface area contributed by atoms with Crippen LogP contribution in [0.1, 0.15) is 92.7 Å². The molecule has 2 heterocycles. The Morgan fingerprint density at radius 3 is 2.14 bits per heavy atom. The molecule has 3 aromatic rings. The van der Waals surface area contributed by atoms with Gasteiger partial charge in [0.1, 0.15) is 17.8 Å². The molecule has 13 nitrogen and oxygen atoms in total. The summed E-state index contributed by atoms with van der Waals surface area (Å²) in [7, 11) is 5.18. The summed E-state index contributed by atoms with van der Waals surface area (Å²) in [5.41, 5.74) is 1.37. The molecule has 0 amide bonds. The molecule has 0 spiro atoms. The summed E-state index contributed by atoms with van der Waals surface area (Å²) < 4.78 is 31.9. The fourth-order valence-electron chi connectivity index (χ4n) is 9.49. The quantitative estimate of drug-likeness (QED) is 0.108. The number of cyclic esters (lactones) is 1. The van der Waals surface area contributed by atoms with Crippen molar-refractivity contribution in [3.63, 3.8) is 0 Å². The summed E-state index contributed by atoms with van der Waals surface area (Å²) >= 11 is 6.13. The maximum atomic E-state index is 14.4. The molecule has 2 N–H and O–H groups in total. The molecule has 360 valence electrons. The number of likely N-dealkylation sites (N-methyl/N-ethyl adjacent to an activating group) is 1. The van der Waals surface area contributed by atoms with E-state index < -0.39 is 83.6 Å². The summed E-state index contributed by atoms with van der Waals surface area (Å²) in [5.74, 6) is -5.02. The molecule has 2 saturated heterocycles. The number of aliphatic hydroxyl groups is 2. The molecule has 0 aromatic heterocycles. The number of methoxy groups -OCH3 is 1. The second kappa shape index (κ2) is 22.6. The highest BCUT2D eigenvalue weighted by Crippen LogP contribution is 2.40. The van der Waals surface area contributed by atoms with Crippen molar-refractivity contribution in [1.29, 1.82) is 0 Å². The largest absolute Gasteiger partial charge is 0.461 e. The molecule has 13 atom stereocenters. The van der Waals surface area contributed by atoms with Gasteiger partial charge < -0.3 is 33.9 Å². The first kappa shape index (κ1) is 52.6. The Morgan fingerprint density at radius 1 is 0.924 bits per heavy atom. The van der Waals surface area contributed by atoms with Crippen LogP contribution in [0.25, 0.3) is 11.1 Å². The lowest BCUT2D eigenvalue weighted by Crippen LogP contribution is -2.60. The number of hydrogen-bond donors (Lipinski definition) is 2. The molecule has 0 aliphatic carbocycles. The number of rotatable bonds is 11. The third-order valence-corrected chi connectivity index (χ3v) is 13.8. The lowest BCUT2D eigenvalue weighted by molar-refractivity contribution is -0.258. The standard InChI is InChI=1S/C52H70ClN3O10/c1-13-42-52(9,61)47(59)32(4)44(55-54-35(7)37-21-23-39(24-22-37)38-17-15-14-16-18-38)30(2)29-51(8,62-12)48(66-50-45(58)41(56(10)11)27-31(3)63-50)33(5)46(34(6)49(60)64-42)65-43(57)28-36-19-25-40(53)26-20-36/h14-26,30-34,41-42,46-48,50,59,61H,13,27-29H2,1-12H3. The molecule has 0 bridgehead atoms. The van der Waals surface area contributed by atoms with Crippen molar-refractivity contribution in [2.75, 3.05) is 21.2 Å². The van der Waals surface area contributed by atoms with Crippen LogP contribution in [-0.4, -0.2) is 120 Å². The number of ketones is 1. The zero-order valence-electron chi connectivity index (χ0n) is 40.6. The maximum Gasteiger partial charge on any atom is 0.312 e. The van der Waals surface area contributed by atoms with Crippen molar-refractivity contribution >= 4 is 40.7 Å². The minimum Gasteiger partial charge on any atom is -0.461 e. The topological polar surface area (TPSA) is 166 Å². The van der Waals surface area contributed by atoms with E-state index in [0.29, 0.717) is 28.4 Å². The lowest BCUT2D eigenvalue weighted by atomic mass is 9.73. The molecule has 14 heteroatoms. The van der Waals surface area contributed by atoms with Gasteiger partial charge in [0.05, 0.1) is 48.0 Å². The maximum absolute atomic E-state index is 14.4. The average Bonchev–Trinajstić information content (AvgIpc) is 3.29. The molecule has 66 heavy (non-hydrogen) atoms. The normalized spacial score (nSPS) is 33.6. The molecule has 3 aromatic carbocycles. The first-order valence-electron chi connectivity index (χ1n) is 23.0. The van der Waals surface area contributed by atoms with Crippen molar-refractivity contribution in [2.24, 2.45) is 33.9 Å². The fourth-order valence-corrected chi connectivity index (χ4v) is 9.62. The van der Waals surface area contributed by atoms with Crippen LogP contribution in [0.4, 0.5) is 0 Å². The van der Waals surface area contributed by atoms with Crippen LogP contribution in [0.2, 0.25) is 5.02 Å². The number of ether oxygens (including phenoxy) is 5. The Hall–Kier alpha value is -4.34. The second-order valence-corrected chi connectivity index (χ2v) is 19.4. The SMILES string of the molecule is CCC1OC(=O)C(C)C(OC(=O)Cc2ccc(Cl)cc2)C(C)C(OC2OC(C)CC(N(C)C)C2=O)C(C)(OC)CC(C)C(=NN=C(C)c2ccc(-c3ccccc3)cc2)C(C)C(O)C1(C)O. The molecule has 2 aliphatic heterocycles. The van der Waals surface area contributed by atoms with E-state index in [1.165, 1.54) is 14.0 Å². The van der Waals surface area contributed by atoms with Gasteiger partial charge in [-0.15, -0.1) is 0 Å². The molecule has 13 unspecified atom stereocenters. The van der Waals surface area contributed by atoms with E-state index >= 15 is 0 Å². The van der Waals surface area contributed by atoms with Crippen molar-refractivity contribution in [3.8, 4) is 11.1 Å². The highest BCUT2D eigenvalue weighted by atomic mass is 35.5. The number of benzene rings is 3. The van der Waals surface area contributed by atoms with Crippen molar-refractivity contribution in [2.45, 2.75) is 142 Å². The van der Waals surface area contributed by atoms with Crippen LogP contribution in [0.15, 0.2) is 89.1 Å². The molecule has 2 aliphatic rings. The van der Waals surface area contributed by atoms with E-state index in [0.717, 1.165) is 16.7 Å². The van der Waals surface area contributed by atoms with Crippen LogP contribution >= 0.6 is 11.6 Å². The van der Waals surface area contributed by atoms with Gasteiger partial charge in [0.25, 0.3) is 0 Å². The fraction of sp³-hybridized carbons (Fsp3) is 0.558. The van der Waals surface area contributed by atoms with E-state index in [2.05, 4.69) is 0 Å². The van der Waals surface area contributed by atoms with Gasteiger partial charge in [-0.25, -0.2) is 0 Å². The van der Waals surface area contributed by atoms with Crippen LogP contribution in [-0.2, 0) is 44.5 Å². The second-order valence-electron chi connectivity index (χ2n) is 18.9.